The van der Waals surface area contributed by atoms with E-state index in [9.17, 15) is 4.79 Å². The molecule has 0 bridgehead atoms. The van der Waals surface area contributed by atoms with Crippen LogP contribution < -0.4 is 5.32 Å². The topological polar surface area (TPSA) is 59.8 Å². The molecule has 3 rings (SSSR count). The fourth-order valence-electron chi connectivity index (χ4n) is 2.57. The maximum atomic E-state index is 12.6. The van der Waals surface area contributed by atoms with Gasteiger partial charge in [-0.05, 0) is 56.3 Å². The van der Waals surface area contributed by atoms with E-state index in [1.807, 2.05) is 56.5 Å². The molecule has 0 aliphatic rings. The molecule has 2 heterocycles. The number of benzene rings is 1. The Hall–Kier alpha value is -2.12. The van der Waals surface area contributed by atoms with Crippen LogP contribution in [0.1, 0.15) is 25.0 Å². The molecule has 0 saturated heterocycles. The van der Waals surface area contributed by atoms with Gasteiger partial charge >= 0.3 is 0 Å². The van der Waals surface area contributed by atoms with Gasteiger partial charge in [0.05, 0.1) is 10.1 Å². The van der Waals surface area contributed by atoms with Crippen LogP contribution in [0, 0.1) is 13.8 Å². The van der Waals surface area contributed by atoms with Crippen molar-refractivity contribution in [2.75, 3.05) is 5.32 Å². The number of hydrogen-bond donors (Lipinski definition) is 1. The summed E-state index contributed by atoms with van der Waals surface area (Å²) in [6, 6.07) is 10.1. The van der Waals surface area contributed by atoms with Crippen molar-refractivity contribution >= 4 is 34.7 Å². The molecular formula is C19H22N4OS2. The second-order valence-electron chi connectivity index (χ2n) is 6.10. The molecule has 0 aliphatic heterocycles. The third kappa shape index (κ3) is 3.99. The van der Waals surface area contributed by atoms with E-state index in [-0.39, 0.29) is 11.2 Å². The molecule has 1 unspecified atom stereocenters. The SMILES string of the molecule is CCn1c(SC(C)C(=O)Nc2cc(C)ccc2C)nnc1-c1cccs1. The minimum atomic E-state index is -0.277. The Morgan fingerprint density at radius 2 is 2.12 bits per heavy atom. The molecule has 1 amide bonds. The molecule has 0 saturated carbocycles. The van der Waals surface area contributed by atoms with Crippen LogP contribution in [0.15, 0.2) is 40.9 Å². The van der Waals surface area contributed by atoms with Gasteiger partial charge < -0.3 is 9.88 Å². The van der Waals surface area contributed by atoms with Crippen LogP contribution in [0.5, 0.6) is 0 Å². The van der Waals surface area contributed by atoms with Crippen LogP contribution in [0.3, 0.4) is 0 Å². The molecule has 26 heavy (non-hydrogen) atoms. The van der Waals surface area contributed by atoms with E-state index in [4.69, 9.17) is 0 Å². The smallest absolute Gasteiger partial charge is 0.237 e. The maximum Gasteiger partial charge on any atom is 0.237 e. The molecule has 5 nitrogen and oxygen atoms in total. The Balaban J connectivity index is 1.74. The van der Waals surface area contributed by atoms with Crippen molar-refractivity contribution in [1.29, 1.82) is 0 Å². The minimum Gasteiger partial charge on any atom is -0.325 e. The monoisotopic (exact) mass is 386 g/mol. The Labute approximate surface area is 161 Å². The Bertz CT molecular complexity index is 902. The lowest BCUT2D eigenvalue weighted by molar-refractivity contribution is -0.115. The Morgan fingerprint density at radius 3 is 2.81 bits per heavy atom. The summed E-state index contributed by atoms with van der Waals surface area (Å²) in [5.74, 6) is 0.819. The first-order valence-corrected chi connectivity index (χ1v) is 10.3. The highest BCUT2D eigenvalue weighted by molar-refractivity contribution is 8.00. The highest BCUT2D eigenvalue weighted by Crippen LogP contribution is 2.29. The van der Waals surface area contributed by atoms with E-state index in [1.54, 1.807) is 11.3 Å². The van der Waals surface area contributed by atoms with E-state index in [2.05, 4.69) is 27.0 Å². The van der Waals surface area contributed by atoms with Crippen molar-refractivity contribution in [2.24, 2.45) is 0 Å². The molecule has 0 aliphatic carbocycles. The zero-order valence-electron chi connectivity index (χ0n) is 15.3. The van der Waals surface area contributed by atoms with Gasteiger partial charge in [-0.15, -0.1) is 21.5 Å². The first-order chi connectivity index (χ1) is 12.5. The molecule has 0 spiro atoms. The van der Waals surface area contributed by atoms with Crippen LogP contribution in [-0.2, 0) is 11.3 Å². The van der Waals surface area contributed by atoms with Crippen molar-refractivity contribution < 1.29 is 4.79 Å². The van der Waals surface area contributed by atoms with E-state index in [0.717, 1.165) is 39.2 Å². The molecule has 136 valence electrons. The number of nitrogens with one attached hydrogen (secondary N) is 1. The third-order valence-electron chi connectivity index (χ3n) is 4.08. The molecular weight excluding hydrogens is 364 g/mol. The number of hydrogen-bond acceptors (Lipinski definition) is 5. The highest BCUT2D eigenvalue weighted by atomic mass is 32.2. The second-order valence-corrected chi connectivity index (χ2v) is 8.35. The zero-order valence-corrected chi connectivity index (χ0v) is 16.9. The Morgan fingerprint density at radius 1 is 1.31 bits per heavy atom. The van der Waals surface area contributed by atoms with Crippen LogP contribution in [-0.4, -0.2) is 25.9 Å². The third-order valence-corrected chi connectivity index (χ3v) is 6.02. The predicted molar refractivity (Wildman–Crippen MR) is 109 cm³/mol. The van der Waals surface area contributed by atoms with Gasteiger partial charge in [0.2, 0.25) is 5.91 Å². The van der Waals surface area contributed by atoms with Crippen molar-refractivity contribution in [3.8, 4) is 10.7 Å². The summed E-state index contributed by atoms with van der Waals surface area (Å²) in [5.41, 5.74) is 3.04. The summed E-state index contributed by atoms with van der Waals surface area (Å²) in [5, 5.41) is 14.2. The van der Waals surface area contributed by atoms with Gasteiger partial charge in [0.25, 0.3) is 0 Å². The van der Waals surface area contributed by atoms with Crippen molar-refractivity contribution in [3.05, 3.63) is 46.8 Å². The number of amides is 1. The van der Waals surface area contributed by atoms with Gasteiger partial charge in [-0.2, -0.15) is 0 Å². The number of aromatic nitrogens is 3. The number of carbonyl (C=O) groups is 1. The predicted octanol–water partition coefficient (Wildman–Crippen LogP) is 4.76. The van der Waals surface area contributed by atoms with Crippen molar-refractivity contribution in [3.63, 3.8) is 0 Å². The first-order valence-electron chi connectivity index (χ1n) is 8.51. The van der Waals surface area contributed by atoms with E-state index in [1.165, 1.54) is 11.8 Å². The van der Waals surface area contributed by atoms with Gasteiger partial charge in [-0.25, -0.2) is 0 Å². The fourth-order valence-corrected chi connectivity index (χ4v) is 4.20. The fraction of sp³-hybridized carbons (Fsp3) is 0.316. The number of nitrogens with zero attached hydrogens (tertiary/aromatic N) is 3. The van der Waals surface area contributed by atoms with Crippen LogP contribution in [0.25, 0.3) is 10.7 Å². The number of thioether (sulfide) groups is 1. The lowest BCUT2D eigenvalue weighted by atomic mass is 10.1. The Kier molecular flexibility index (Phi) is 5.78. The largest absolute Gasteiger partial charge is 0.325 e. The number of carbonyl (C=O) groups excluding carboxylic acids is 1. The molecule has 1 atom stereocenters. The number of rotatable bonds is 6. The molecule has 7 heteroatoms. The van der Waals surface area contributed by atoms with Gasteiger partial charge in [0, 0.05) is 12.2 Å². The van der Waals surface area contributed by atoms with Crippen molar-refractivity contribution in [2.45, 2.75) is 44.6 Å². The quantitative estimate of drug-likeness (QED) is 0.620. The molecule has 1 N–H and O–H groups in total. The molecule has 0 radical (unpaired) electrons. The molecule has 3 aromatic rings. The van der Waals surface area contributed by atoms with Crippen LogP contribution in [0.4, 0.5) is 5.69 Å². The zero-order chi connectivity index (χ0) is 18.7. The number of anilines is 1. The summed E-state index contributed by atoms with van der Waals surface area (Å²) in [7, 11) is 0. The average molecular weight is 387 g/mol. The summed E-state index contributed by atoms with van der Waals surface area (Å²) in [6.45, 7) is 8.72. The lowest BCUT2D eigenvalue weighted by Crippen LogP contribution is -2.23. The minimum absolute atomic E-state index is 0.0352. The molecule has 2 aromatic heterocycles. The first kappa shape index (κ1) is 18.7. The summed E-state index contributed by atoms with van der Waals surface area (Å²) < 4.78 is 2.05. The van der Waals surface area contributed by atoms with E-state index < -0.39 is 0 Å². The summed E-state index contributed by atoms with van der Waals surface area (Å²) in [6.07, 6.45) is 0. The van der Waals surface area contributed by atoms with Gasteiger partial charge in [0.1, 0.15) is 0 Å². The standard InChI is InChI=1S/C19H22N4OS2/c1-5-23-17(16-7-6-10-25-16)21-22-19(23)26-14(4)18(24)20-15-11-12(2)8-9-13(15)3/h6-11,14H,5H2,1-4H3,(H,20,24). The van der Waals surface area contributed by atoms with Crippen LogP contribution in [0.2, 0.25) is 0 Å². The van der Waals surface area contributed by atoms with Crippen molar-refractivity contribution in [1.82, 2.24) is 14.8 Å². The van der Waals surface area contributed by atoms with Crippen LogP contribution >= 0.6 is 23.1 Å². The van der Waals surface area contributed by atoms with Gasteiger partial charge in [-0.3, -0.25) is 4.79 Å². The summed E-state index contributed by atoms with van der Waals surface area (Å²) in [4.78, 5) is 13.7. The van der Waals surface area contributed by atoms with E-state index in [0.29, 0.717) is 0 Å². The summed E-state index contributed by atoms with van der Waals surface area (Å²) >= 11 is 3.07. The molecule has 0 fully saturated rings. The van der Waals surface area contributed by atoms with E-state index >= 15 is 0 Å². The average Bonchev–Trinajstić information content (AvgIpc) is 3.27. The second kappa shape index (κ2) is 8.05. The highest BCUT2D eigenvalue weighted by Gasteiger charge is 2.21. The lowest BCUT2D eigenvalue weighted by Gasteiger charge is -2.14. The maximum absolute atomic E-state index is 12.6. The number of thiophene rings is 1. The normalized spacial score (nSPS) is 12.2. The van der Waals surface area contributed by atoms with Gasteiger partial charge in [-0.1, -0.05) is 30.0 Å². The van der Waals surface area contributed by atoms with Gasteiger partial charge in [0.15, 0.2) is 11.0 Å². The molecule has 1 aromatic carbocycles. The number of aryl methyl sites for hydroxylation is 2.